The Labute approximate surface area is 172 Å². The molecule has 0 saturated carbocycles. The summed E-state index contributed by atoms with van der Waals surface area (Å²) in [5.74, 6) is 0.165. The highest BCUT2D eigenvalue weighted by Gasteiger charge is 2.11. The summed E-state index contributed by atoms with van der Waals surface area (Å²) in [5.41, 5.74) is 2.00. The van der Waals surface area contributed by atoms with Crippen LogP contribution in [0.1, 0.15) is 11.1 Å². The van der Waals surface area contributed by atoms with E-state index in [1.807, 2.05) is 25.1 Å². The molecule has 0 fully saturated rings. The van der Waals surface area contributed by atoms with Gasteiger partial charge in [-0.05, 0) is 42.3 Å². The Hall–Kier alpha value is -4.51. The number of hydrogen-bond donors (Lipinski definition) is 1. The van der Waals surface area contributed by atoms with Crippen LogP contribution in [0.15, 0.2) is 72.4 Å². The number of hydrogen-bond acceptors (Lipinski definition) is 6. The number of nitriles is 1. The number of aryl methyl sites for hydroxylation is 1. The molecular formula is C22H16N4O4. The molecule has 0 radical (unpaired) electrons. The normalized spacial score (nSPS) is 10.7. The SMILES string of the molecule is Cc1ccccc1NC(=O)/C(C#N)=C\c1ccc(Oc2ccc([N+](=O)[O-])cn2)cc1. The van der Waals surface area contributed by atoms with Crippen molar-refractivity contribution in [2.24, 2.45) is 0 Å². The first-order chi connectivity index (χ1) is 14.5. The Balaban J connectivity index is 1.70. The van der Waals surface area contributed by atoms with Crippen LogP contribution in [0.25, 0.3) is 6.08 Å². The van der Waals surface area contributed by atoms with Crippen molar-refractivity contribution in [3.63, 3.8) is 0 Å². The number of nitrogens with zero attached hydrogens (tertiary/aromatic N) is 3. The van der Waals surface area contributed by atoms with E-state index in [1.165, 1.54) is 18.2 Å². The molecule has 8 nitrogen and oxygen atoms in total. The van der Waals surface area contributed by atoms with Crippen LogP contribution in [-0.2, 0) is 4.79 Å². The summed E-state index contributed by atoms with van der Waals surface area (Å²) in [7, 11) is 0. The van der Waals surface area contributed by atoms with E-state index in [2.05, 4.69) is 10.3 Å². The Morgan fingerprint density at radius 1 is 1.17 bits per heavy atom. The highest BCUT2D eigenvalue weighted by atomic mass is 16.6. The van der Waals surface area contributed by atoms with E-state index in [-0.39, 0.29) is 17.1 Å². The molecule has 1 N–H and O–H groups in total. The summed E-state index contributed by atoms with van der Waals surface area (Å²) in [6, 6.07) is 18.5. The molecule has 0 atom stereocenters. The molecule has 0 bridgehead atoms. The molecule has 1 amide bonds. The average molecular weight is 400 g/mol. The number of anilines is 1. The van der Waals surface area contributed by atoms with Gasteiger partial charge in [0.15, 0.2) is 0 Å². The van der Waals surface area contributed by atoms with Crippen molar-refractivity contribution in [3.05, 3.63) is 93.7 Å². The summed E-state index contributed by atoms with van der Waals surface area (Å²) in [4.78, 5) is 26.4. The molecule has 3 aromatic rings. The van der Waals surface area contributed by atoms with Gasteiger partial charge in [0, 0.05) is 17.8 Å². The van der Waals surface area contributed by atoms with Crippen molar-refractivity contribution in [1.29, 1.82) is 5.26 Å². The van der Waals surface area contributed by atoms with Gasteiger partial charge < -0.3 is 10.1 Å². The summed E-state index contributed by atoms with van der Waals surface area (Å²) < 4.78 is 5.54. The first kappa shape index (κ1) is 20.2. The van der Waals surface area contributed by atoms with Crippen LogP contribution in [0.5, 0.6) is 11.6 Å². The quantitative estimate of drug-likeness (QED) is 0.279. The number of carbonyl (C=O) groups excluding carboxylic acids is 1. The first-order valence-electron chi connectivity index (χ1n) is 8.83. The number of nitrogens with one attached hydrogen (secondary N) is 1. The predicted octanol–water partition coefficient (Wildman–Crippen LogP) is 4.64. The molecule has 148 valence electrons. The van der Waals surface area contributed by atoms with E-state index in [0.29, 0.717) is 17.0 Å². The maximum atomic E-state index is 12.4. The molecule has 1 heterocycles. The Bertz CT molecular complexity index is 1150. The molecule has 0 aliphatic rings. The minimum absolute atomic E-state index is 0.0380. The molecule has 0 unspecified atom stereocenters. The molecule has 0 spiro atoms. The van der Waals surface area contributed by atoms with Gasteiger partial charge in [-0.25, -0.2) is 4.98 Å². The van der Waals surface area contributed by atoms with Crippen molar-refractivity contribution >= 4 is 23.4 Å². The lowest BCUT2D eigenvalue weighted by Gasteiger charge is -2.07. The largest absolute Gasteiger partial charge is 0.439 e. The topological polar surface area (TPSA) is 118 Å². The molecule has 1 aromatic heterocycles. The van der Waals surface area contributed by atoms with Crippen LogP contribution < -0.4 is 10.1 Å². The van der Waals surface area contributed by atoms with Crippen LogP contribution in [-0.4, -0.2) is 15.8 Å². The highest BCUT2D eigenvalue weighted by Crippen LogP contribution is 2.22. The average Bonchev–Trinajstić information content (AvgIpc) is 2.75. The van der Waals surface area contributed by atoms with Crippen LogP contribution >= 0.6 is 0 Å². The Morgan fingerprint density at radius 2 is 1.90 bits per heavy atom. The van der Waals surface area contributed by atoms with Gasteiger partial charge in [-0.1, -0.05) is 30.3 Å². The van der Waals surface area contributed by atoms with Crippen molar-refractivity contribution in [2.75, 3.05) is 5.32 Å². The van der Waals surface area contributed by atoms with Crippen LogP contribution in [0.4, 0.5) is 11.4 Å². The maximum absolute atomic E-state index is 12.4. The lowest BCUT2D eigenvalue weighted by Crippen LogP contribution is -2.14. The number of nitro groups is 1. The number of ether oxygens (including phenoxy) is 1. The summed E-state index contributed by atoms with van der Waals surface area (Å²) >= 11 is 0. The fraction of sp³-hybridized carbons (Fsp3) is 0.0455. The summed E-state index contributed by atoms with van der Waals surface area (Å²) in [5, 5.41) is 22.7. The van der Waals surface area contributed by atoms with Gasteiger partial charge >= 0.3 is 0 Å². The summed E-state index contributed by atoms with van der Waals surface area (Å²) in [6.45, 7) is 1.86. The van der Waals surface area contributed by atoms with Gasteiger partial charge in [0.05, 0.1) is 4.92 Å². The third-order valence-corrected chi connectivity index (χ3v) is 4.10. The lowest BCUT2D eigenvalue weighted by atomic mass is 10.1. The van der Waals surface area contributed by atoms with E-state index in [1.54, 1.807) is 36.4 Å². The Morgan fingerprint density at radius 3 is 2.50 bits per heavy atom. The van der Waals surface area contributed by atoms with Gasteiger partial charge in [0.1, 0.15) is 23.6 Å². The Kier molecular flexibility index (Phi) is 6.15. The molecule has 30 heavy (non-hydrogen) atoms. The number of rotatable bonds is 6. The molecule has 0 aliphatic heterocycles. The van der Waals surface area contributed by atoms with E-state index in [0.717, 1.165) is 11.8 Å². The second-order valence-electron chi connectivity index (χ2n) is 6.22. The van der Waals surface area contributed by atoms with Crippen LogP contribution in [0, 0.1) is 28.4 Å². The fourth-order valence-electron chi connectivity index (χ4n) is 2.51. The zero-order valence-electron chi connectivity index (χ0n) is 15.9. The number of amides is 1. The monoisotopic (exact) mass is 400 g/mol. The number of aromatic nitrogens is 1. The van der Waals surface area contributed by atoms with Crippen molar-refractivity contribution in [3.8, 4) is 17.7 Å². The zero-order valence-corrected chi connectivity index (χ0v) is 15.9. The van der Waals surface area contributed by atoms with Gasteiger partial charge in [0.2, 0.25) is 5.88 Å². The third-order valence-electron chi connectivity index (χ3n) is 4.10. The third kappa shape index (κ3) is 5.05. The minimum Gasteiger partial charge on any atom is -0.439 e. The van der Waals surface area contributed by atoms with E-state index >= 15 is 0 Å². The molecule has 0 aliphatic carbocycles. The maximum Gasteiger partial charge on any atom is 0.287 e. The van der Waals surface area contributed by atoms with Gasteiger partial charge in [-0.2, -0.15) is 5.26 Å². The second-order valence-corrected chi connectivity index (χ2v) is 6.22. The molecule has 8 heteroatoms. The first-order valence-corrected chi connectivity index (χ1v) is 8.83. The van der Waals surface area contributed by atoms with E-state index in [4.69, 9.17) is 4.74 Å². The van der Waals surface area contributed by atoms with Gasteiger partial charge in [-0.15, -0.1) is 0 Å². The zero-order chi connectivity index (χ0) is 21.5. The number of benzene rings is 2. The standard InChI is InChI=1S/C22H16N4O4/c1-15-4-2-3-5-20(15)25-22(27)17(13-23)12-16-6-9-19(10-7-16)30-21-11-8-18(14-24-21)26(28)29/h2-12,14H,1H3,(H,25,27)/b17-12-. The van der Waals surface area contributed by atoms with E-state index < -0.39 is 10.8 Å². The minimum atomic E-state index is -0.542. The van der Waals surface area contributed by atoms with Gasteiger partial charge in [-0.3, -0.25) is 14.9 Å². The number of para-hydroxylation sites is 1. The number of pyridine rings is 1. The highest BCUT2D eigenvalue weighted by molar-refractivity contribution is 6.09. The predicted molar refractivity (Wildman–Crippen MR) is 111 cm³/mol. The molecular weight excluding hydrogens is 384 g/mol. The number of carbonyl (C=O) groups is 1. The smallest absolute Gasteiger partial charge is 0.287 e. The lowest BCUT2D eigenvalue weighted by molar-refractivity contribution is -0.385. The van der Waals surface area contributed by atoms with Gasteiger partial charge in [0.25, 0.3) is 11.6 Å². The van der Waals surface area contributed by atoms with Crippen molar-refractivity contribution < 1.29 is 14.5 Å². The molecule has 2 aromatic carbocycles. The van der Waals surface area contributed by atoms with Crippen LogP contribution in [0.2, 0.25) is 0 Å². The van der Waals surface area contributed by atoms with Crippen LogP contribution in [0.3, 0.4) is 0 Å². The fourth-order valence-corrected chi connectivity index (χ4v) is 2.51. The second kappa shape index (κ2) is 9.12. The van der Waals surface area contributed by atoms with Crippen molar-refractivity contribution in [2.45, 2.75) is 6.92 Å². The van der Waals surface area contributed by atoms with Crippen molar-refractivity contribution in [1.82, 2.24) is 4.98 Å². The molecule has 0 saturated heterocycles. The molecule has 3 rings (SSSR count). The summed E-state index contributed by atoms with van der Waals surface area (Å²) in [6.07, 6.45) is 2.58. The van der Waals surface area contributed by atoms with E-state index in [9.17, 15) is 20.2 Å².